The number of hydrogen-bond acceptors (Lipinski definition) is 4. The van der Waals surface area contributed by atoms with Gasteiger partial charge in [-0.25, -0.2) is 4.98 Å². The number of thiazole rings is 1. The monoisotopic (exact) mass is 289 g/mol. The molecular formula is C16H23N3S. The first-order valence-electron chi connectivity index (χ1n) is 6.99. The van der Waals surface area contributed by atoms with Crippen LogP contribution in [0, 0.1) is 0 Å². The normalized spacial score (nSPS) is 12.8. The number of benzene rings is 1. The zero-order valence-corrected chi connectivity index (χ0v) is 13.3. The fraction of sp³-hybridized carbons (Fsp3) is 0.438. The number of nitrogens with one attached hydrogen (secondary N) is 1. The number of likely N-dealkylation sites (N-methyl/N-ethyl adjacent to an activating group) is 2. The summed E-state index contributed by atoms with van der Waals surface area (Å²) >= 11 is 1.77. The van der Waals surface area contributed by atoms with E-state index < -0.39 is 0 Å². The molecule has 1 aromatic heterocycles. The average molecular weight is 289 g/mol. The van der Waals surface area contributed by atoms with Crippen molar-refractivity contribution in [3.63, 3.8) is 0 Å². The van der Waals surface area contributed by atoms with Crippen molar-refractivity contribution in [2.45, 2.75) is 18.9 Å². The summed E-state index contributed by atoms with van der Waals surface area (Å²) in [5, 5.41) is 6.81. The van der Waals surface area contributed by atoms with E-state index in [1.807, 2.05) is 7.05 Å². The predicted molar refractivity (Wildman–Crippen MR) is 86.3 cm³/mol. The first kappa shape index (κ1) is 15.2. The van der Waals surface area contributed by atoms with Crippen LogP contribution in [0.5, 0.6) is 0 Å². The van der Waals surface area contributed by atoms with E-state index in [1.165, 1.54) is 16.3 Å². The van der Waals surface area contributed by atoms with E-state index in [2.05, 4.69) is 60.0 Å². The summed E-state index contributed by atoms with van der Waals surface area (Å²) in [7, 11) is 6.21. The molecule has 2 rings (SSSR count). The lowest BCUT2D eigenvalue weighted by Crippen LogP contribution is -2.19. The van der Waals surface area contributed by atoms with Crippen LogP contribution >= 0.6 is 11.3 Å². The maximum atomic E-state index is 4.75. The molecule has 4 heteroatoms. The molecule has 0 bridgehead atoms. The van der Waals surface area contributed by atoms with Crippen molar-refractivity contribution in [1.29, 1.82) is 0 Å². The molecule has 2 aromatic rings. The predicted octanol–water partition coefficient (Wildman–Crippen LogP) is 2.75. The van der Waals surface area contributed by atoms with Gasteiger partial charge in [0.05, 0.1) is 10.7 Å². The quantitative estimate of drug-likeness (QED) is 0.849. The topological polar surface area (TPSA) is 28.2 Å². The Kier molecular flexibility index (Phi) is 5.71. The van der Waals surface area contributed by atoms with Gasteiger partial charge in [-0.15, -0.1) is 11.3 Å². The SMILES string of the molecule is CNC(Cc1csc(CCN(C)C)n1)c1ccccc1. The van der Waals surface area contributed by atoms with Crippen LogP contribution in [-0.2, 0) is 12.8 Å². The fourth-order valence-corrected chi connectivity index (χ4v) is 2.96. The maximum absolute atomic E-state index is 4.75. The van der Waals surface area contributed by atoms with Gasteiger partial charge in [0, 0.05) is 30.8 Å². The number of rotatable bonds is 7. The van der Waals surface area contributed by atoms with E-state index in [-0.39, 0.29) is 0 Å². The average Bonchev–Trinajstić information content (AvgIpc) is 2.91. The van der Waals surface area contributed by atoms with E-state index in [4.69, 9.17) is 4.98 Å². The van der Waals surface area contributed by atoms with Gasteiger partial charge in [-0.1, -0.05) is 30.3 Å². The Morgan fingerprint density at radius 2 is 2.00 bits per heavy atom. The molecule has 1 unspecified atom stereocenters. The molecule has 3 nitrogen and oxygen atoms in total. The van der Waals surface area contributed by atoms with Crippen molar-refractivity contribution in [3.05, 3.63) is 52.0 Å². The molecule has 0 saturated heterocycles. The Morgan fingerprint density at radius 1 is 1.25 bits per heavy atom. The molecule has 0 fully saturated rings. The smallest absolute Gasteiger partial charge is 0.0941 e. The highest BCUT2D eigenvalue weighted by Crippen LogP contribution is 2.19. The molecular weight excluding hydrogens is 266 g/mol. The van der Waals surface area contributed by atoms with Crippen molar-refractivity contribution in [2.75, 3.05) is 27.7 Å². The Hall–Kier alpha value is -1.23. The largest absolute Gasteiger partial charge is 0.313 e. The van der Waals surface area contributed by atoms with Gasteiger partial charge in [0.15, 0.2) is 0 Å². The van der Waals surface area contributed by atoms with Gasteiger partial charge < -0.3 is 10.2 Å². The van der Waals surface area contributed by atoms with Gasteiger partial charge in [0.1, 0.15) is 0 Å². The van der Waals surface area contributed by atoms with Crippen LogP contribution in [0.4, 0.5) is 0 Å². The van der Waals surface area contributed by atoms with E-state index >= 15 is 0 Å². The summed E-state index contributed by atoms with van der Waals surface area (Å²) in [6.07, 6.45) is 1.98. The van der Waals surface area contributed by atoms with Crippen molar-refractivity contribution in [1.82, 2.24) is 15.2 Å². The minimum absolute atomic E-state index is 0.333. The van der Waals surface area contributed by atoms with Crippen LogP contribution in [0.1, 0.15) is 22.3 Å². The van der Waals surface area contributed by atoms with Crippen LogP contribution in [0.2, 0.25) is 0 Å². The zero-order valence-electron chi connectivity index (χ0n) is 12.5. The van der Waals surface area contributed by atoms with Gasteiger partial charge in [-0.2, -0.15) is 0 Å². The van der Waals surface area contributed by atoms with Gasteiger partial charge in [0.25, 0.3) is 0 Å². The highest BCUT2D eigenvalue weighted by Gasteiger charge is 2.12. The Balaban J connectivity index is 1.98. The second-order valence-corrected chi connectivity index (χ2v) is 6.18. The van der Waals surface area contributed by atoms with E-state index in [9.17, 15) is 0 Å². The number of nitrogens with zero attached hydrogens (tertiary/aromatic N) is 2. The van der Waals surface area contributed by atoms with Gasteiger partial charge >= 0.3 is 0 Å². The molecule has 0 aliphatic heterocycles. The second-order valence-electron chi connectivity index (χ2n) is 5.24. The molecule has 1 aromatic carbocycles. The van der Waals surface area contributed by atoms with Crippen molar-refractivity contribution < 1.29 is 0 Å². The zero-order chi connectivity index (χ0) is 14.4. The van der Waals surface area contributed by atoms with Crippen LogP contribution in [0.3, 0.4) is 0 Å². The summed E-state index contributed by atoms with van der Waals surface area (Å²) in [6, 6.07) is 10.9. The molecule has 0 saturated carbocycles. The summed E-state index contributed by atoms with van der Waals surface area (Å²) in [5.41, 5.74) is 2.50. The molecule has 108 valence electrons. The third-order valence-corrected chi connectivity index (χ3v) is 4.29. The molecule has 1 atom stereocenters. The lowest BCUT2D eigenvalue weighted by molar-refractivity contribution is 0.413. The van der Waals surface area contributed by atoms with Crippen LogP contribution in [0.25, 0.3) is 0 Å². The summed E-state index contributed by atoms with van der Waals surface area (Å²) in [6.45, 7) is 1.06. The molecule has 20 heavy (non-hydrogen) atoms. The standard InChI is InChI=1S/C16H23N3S/c1-17-15(13-7-5-4-6-8-13)11-14-12-20-16(18-14)9-10-19(2)3/h4-8,12,15,17H,9-11H2,1-3H3. The Bertz CT molecular complexity index is 507. The van der Waals surface area contributed by atoms with E-state index in [0.29, 0.717) is 6.04 Å². The van der Waals surface area contributed by atoms with Crippen molar-refractivity contribution >= 4 is 11.3 Å². The van der Waals surface area contributed by atoms with Crippen LogP contribution < -0.4 is 5.32 Å². The minimum atomic E-state index is 0.333. The first-order valence-corrected chi connectivity index (χ1v) is 7.87. The summed E-state index contributed by atoms with van der Waals surface area (Å²) in [5.74, 6) is 0. The van der Waals surface area contributed by atoms with Gasteiger partial charge in [-0.3, -0.25) is 0 Å². The van der Waals surface area contributed by atoms with Gasteiger partial charge in [0.2, 0.25) is 0 Å². The molecule has 0 aliphatic rings. The number of hydrogen-bond donors (Lipinski definition) is 1. The third kappa shape index (κ3) is 4.40. The highest BCUT2D eigenvalue weighted by atomic mass is 32.1. The molecule has 1 N–H and O–H groups in total. The molecule has 0 spiro atoms. The lowest BCUT2D eigenvalue weighted by atomic mass is 10.0. The first-order chi connectivity index (χ1) is 9.69. The second kappa shape index (κ2) is 7.53. The summed E-state index contributed by atoms with van der Waals surface area (Å²) in [4.78, 5) is 6.94. The van der Waals surface area contributed by atoms with Crippen LogP contribution in [-0.4, -0.2) is 37.6 Å². The lowest BCUT2D eigenvalue weighted by Gasteiger charge is -2.15. The fourth-order valence-electron chi connectivity index (χ4n) is 2.16. The van der Waals surface area contributed by atoms with Crippen LogP contribution in [0.15, 0.2) is 35.7 Å². The molecule has 0 aliphatic carbocycles. The Morgan fingerprint density at radius 3 is 2.65 bits per heavy atom. The Labute approximate surface area is 125 Å². The molecule has 1 heterocycles. The van der Waals surface area contributed by atoms with E-state index in [1.54, 1.807) is 11.3 Å². The molecule has 0 amide bonds. The summed E-state index contributed by atoms with van der Waals surface area (Å²) < 4.78 is 0. The minimum Gasteiger partial charge on any atom is -0.313 e. The highest BCUT2D eigenvalue weighted by molar-refractivity contribution is 7.09. The van der Waals surface area contributed by atoms with Crippen molar-refractivity contribution in [3.8, 4) is 0 Å². The van der Waals surface area contributed by atoms with E-state index in [0.717, 1.165) is 19.4 Å². The number of aromatic nitrogens is 1. The van der Waals surface area contributed by atoms with Crippen molar-refractivity contribution in [2.24, 2.45) is 0 Å². The third-order valence-electron chi connectivity index (χ3n) is 3.34. The van der Waals surface area contributed by atoms with Gasteiger partial charge in [-0.05, 0) is 26.7 Å². The molecule has 0 radical (unpaired) electrons. The maximum Gasteiger partial charge on any atom is 0.0941 e.